The van der Waals surface area contributed by atoms with Crippen LogP contribution in [-0.4, -0.2) is 41.4 Å². The predicted octanol–water partition coefficient (Wildman–Crippen LogP) is 0.592. The summed E-state index contributed by atoms with van der Waals surface area (Å²) in [5.41, 5.74) is 0. The second-order valence-electron chi connectivity index (χ2n) is 4.74. The van der Waals surface area contributed by atoms with Crippen molar-refractivity contribution < 1.29 is 8.42 Å². The summed E-state index contributed by atoms with van der Waals surface area (Å²) in [5, 5.41) is 0. The Kier molecular flexibility index (Phi) is 4.36. The van der Waals surface area contributed by atoms with Crippen LogP contribution in [0.2, 0.25) is 0 Å². The third kappa shape index (κ3) is 3.54. The Balaban J connectivity index is 1.90. The van der Waals surface area contributed by atoms with Crippen LogP contribution in [-0.2, 0) is 16.8 Å². The van der Waals surface area contributed by atoms with Crippen LogP contribution >= 0.6 is 0 Å². The number of piperidine rings is 1. The fourth-order valence-corrected chi connectivity index (χ4v) is 3.65. The second-order valence-corrected chi connectivity index (χ2v) is 6.45. The van der Waals surface area contributed by atoms with Crippen LogP contribution in [0.4, 0.5) is 0 Å². The summed E-state index contributed by atoms with van der Waals surface area (Å²) >= 11 is 0. The summed E-state index contributed by atoms with van der Waals surface area (Å²) in [6.45, 7) is 3.72. The first-order valence-electron chi connectivity index (χ1n) is 6.31. The van der Waals surface area contributed by atoms with Gasteiger partial charge in [-0.1, -0.05) is 6.42 Å². The number of hydrogen-bond donors (Lipinski definition) is 1. The Morgan fingerprint density at radius 1 is 1.33 bits per heavy atom. The van der Waals surface area contributed by atoms with E-state index in [1.807, 2.05) is 17.7 Å². The van der Waals surface area contributed by atoms with E-state index >= 15 is 0 Å². The highest BCUT2D eigenvalue weighted by molar-refractivity contribution is 7.87. The van der Waals surface area contributed by atoms with E-state index in [4.69, 9.17) is 0 Å². The Bertz CT molecular complexity index is 451. The number of aromatic nitrogens is 2. The fourth-order valence-electron chi connectivity index (χ4n) is 2.18. The Labute approximate surface area is 108 Å². The van der Waals surface area contributed by atoms with E-state index in [9.17, 15) is 8.42 Å². The van der Waals surface area contributed by atoms with Gasteiger partial charge in [0.1, 0.15) is 0 Å². The molecule has 102 valence electrons. The zero-order valence-electron chi connectivity index (χ0n) is 10.6. The van der Waals surface area contributed by atoms with Gasteiger partial charge < -0.3 is 4.57 Å². The molecular formula is C11H20N4O2S. The van der Waals surface area contributed by atoms with Gasteiger partial charge in [0, 0.05) is 38.1 Å². The lowest BCUT2D eigenvalue weighted by Crippen LogP contribution is -2.47. The number of rotatable bonds is 5. The normalized spacial score (nSPS) is 19.8. The van der Waals surface area contributed by atoms with Crippen molar-refractivity contribution in [3.8, 4) is 0 Å². The van der Waals surface area contributed by atoms with E-state index in [2.05, 4.69) is 9.71 Å². The van der Waals surface area contributed by atoms with Gasteiger partial charge in [0.15, 0.2) is 0 Å². The highest BCUT2D eigenvalue weighted by atomic mass is 32.2. The molecule has 1 saturated heterocycles. The third-order valence-corrected chi connectivity index (χ3v) is 4.79. The number of nitrogens with zero attached hydrogens (tertiary/aromatic N) is 3. The molecule has 0 bridgehead atoms. The van der Waals surface area contributed by atoms with Crippen molar-refractivity contribution in [2.45, 2.75) is 38.8 Å². The van der Waals surface area contributed by atoms with Crippen LogP contribution in [0, 0.1) is 0 Å². The van der Waals surface area contributed by atoms with Crippen molar-refractivity contribution in [3.63, 3.8) is 0 Å². The molecule has 1 aliphatic heterocycles. The molecule has 0 amide bonds. The van der Waals surface area contributed by atoms with Gasteiger partial charge in [-0.05, 0) is 19.8 Å². The molecule has 0 aliphatic carbocycles. The third-order valence-electron chi connectivity index (χ3n) is 3.05. The van der Waals surface area contributed by atoms with Crippen LogP contribution in [0.5, 0.6) is 0 Å². The summed E-state index contributed by atoms with van der Waals surface area (Å²) in [7, 11) is -3.34. The van der Waals surface area contributed by atoms with Crippen molar-refractivity contribution >= 4 is 10.2 Å². The van der Waals surface area contributed by atoms with E-state index in [0.717, 1.165) is 19.3 Å². The number of hydrogen-bond acceptors (Lipinski definition) is 3. The van der Waals surface area contributed by atoms with E-state index in [-0.39, 0.29) is 6.04 Å². The Hall–Kier alpha value is -0.920. The van der Waals surface area contributed by atoms with Gasteiger partial charge in [0.2, 0.25) is 0 Å². The topological polar surface area (TPSA) is 67.2 Å². The molecule has 2 heterocycles. The number of imidazole rings is 1. The van der Waals surface area contributed by atoms with Crippen molar-refractivity contribution in [1.82, 2.24) is 18.6 Å². The van der Waals surface area contributed by atoms with Crippen LogP contribution in [0.1, 0.15) is 26.2 Å². The van der Waals surface area contributed by atoms with Gasteiger partial charge in [-0.15, -0.1) is 0 Å². The van der Waals surface area contributed by atoms with E-state index < -0.39 is 10.2 Å². The van der Waals surface area contributed by atoms with Crippen LogP contribution < -0.4 is 4.72 Å². The predicted molar refractivity (Wildman–Crippen MR) is 69.2 cm³/mol. The highest BCUT2D eigenvalue weighted by Gasteiger charge is 2.25. The maximum absolute atomic E-state index is 12.1. The summed E-state index contributed by atoms with van der Waals surface area (Å²) in [4.78, 5) is 3.94. The first-order chi connectivity index (χ1) is 8.58. The van der Waals surface area contributed by atoms with Gasteiger partial charge >= 0.3 is 0 Å². The van der Waals surface area contributed by atoms with Crippen LogP contribution in [0.15, 0.2) is 18.7 Å². The molecule has 1 unspecified atom stereocenters. The Morgan fingerprint density at radius 3 is 2.67 bits per heavy atom. The molecule has 7 heteroatoms. The van der Waals surface area contributed by atoms with Gasteiger partial charge in [-0.2, -0.15) is 17.4 Å². The zero-order valence-corrected chi connectivity index (χ0v) is 11.4. The van der Waals surface area contributed by atoms with Crippen molar-refractivity contribution in [1.29, 1.82) is 0 Å². The average Bonchev–Trinajstić information content (AvgIpc) is 2.82. The zero-order chi connectivity index (χ0) is 13.0. The van der Waals surface area contributed by atoms with E-state index in [0.29, 0.717) is 19.6 Å². The largest absolute Gasteiger partial charge is 0.336 e. The molecule has 1 aliphatic rings. The molecule has 1 aromatic rings. The summed E-state index contributed by atoms with van der Waals surface area (Å²) < 4.78 is 30.3. The molecule has 18 heavy (non-hydrogen) atoms. The molecule has 6 nitrogen and oxygen atoms in total. The molecule has 1 fully saturated rings. The minimum absolute atomic E-state index is 0.147. The summed E-state index contributed by atoms with van der Waals surface area (Å²) in [6.07, 6.45) is 8.23. The standard InChI is InChI=1S/C11H20N4O2S/c1-11(9-14-8-5-12-10-14)13-18(16,17)15-6-3-2-4-7-15/h5,8,10-11,13H,2-4,6-7,9H2,1H3. The lowest BCUT2D eigenvalue weighted by atomic mass is 10.2. The van der Waals surface area contributed by atoms with Crippen molar-refractivity contribution in [2.24, 2.45) is 0 Å². The lowest BCUT2D eigenvalue weighted by molar-refractivity contribution is 0.337. The smallest absolute Gasteiger partial charge is 0.279 e. The first kappa shape index (κ1) is 13.5. The second kappa shape index (κ2) is 5.81. The van der Waals surface area contributed by atoms with Gasteiger partial charge in [-0.25, -0.2) is 4.98 Å². The fraction of sp³-hybridized carbons (Fsp3) is 0.727. The average molecular weight is 272 g/mol. The molecular weight excluding hydrogens is 252 g/mol. The van der Waals surface area contributed by atoms with Gasteiger partial charge in [0.05, 0.1) is 6.33 Å². The van der Waals surface area contributed by atoms with Crippen LogP contribution in [0.3, 0.4) is 0 Å². The molecule has 1 aromatic heterocycles. The van der Waals surface area contributed by atoms with Crippen LogP contribution in [0.25, 0.3) is 0 Å². The van der Waals surface area contributed by atoms with Crippen molar-refractivity contribution in [2.75, 3.05) is 13.1 Å². The Morgan fingerprint density at radius 2 is 2.06 bits per heavy atom. The summed E-state index contributed by atoms with van der Waals surface area (Å²) in [5.74, 6) is 0. The van der Waals surface area contributed by atoms with Gasteiger partial charge in [-0.3, -0.25) is 0 Å². The molecule has 2 rings (SSSR count). The molecule has 1 N–H and O–H groups in total. The lowest BCUT2D eigenvalue weighted by Gasteiger charge is -2.27. The minimum atomic E-state index is -3.34. The molecule has 0 spiro atoms. The highest BCUT2D eigenvalue weighted by Crippen LogP contribution is 2.12. The maximum atomic E-state index is 12.1. The molecule has 0 radical (unpaired) electrons. The quantitative estimate of drug-likeness (QED) is 0.853. The summed E-state index contributed by atoms with van der Waals surface area (Å²) in [6, 6.07) is -0.147. The SMILES string of the molecule is CC(Cn1ccnc1)NS(=O)(=O)N1CCCCC1. The molecule has 1 atom stereocenters. The first-order valence-corrected chi connectivity index (χ1v) is 7.75. The minimum Gasteiger partial charge on any atom is -0.336 e. The monoisotopic (exact) mass is 272 g/mol. The van der Waals surface area contributed by atoms with Crippen molar-refractivity contribution in [3.05, 3.63) is 18.7 Å². The maximum Gasteiger partial charge on any atom is 0.279 e. The molecule has 0 saturated carbocycles. The molecule has 0 aromatic carbocycles. The van der Waals surface area contributed by atoms with E-state index in [1.54, 1.807) is 16.8 Å². The van der Waals surface area contributed by atoms with E-state index in [1.165, 1.54) is 0 Å². The number of nitrogens with one attached hydrogen (secondary N) is 1. The van der Waals surface area contributed by atoms with Gasteiger partial charge in [0.25, 0.3) is 10.2 Å².